The Balaban J connectivity index is 1.49. The number of carbonyl (C=O) groups is 1. The smallest absolute Gasteiger partial charge is 0.481 e. The summed E-state index contributed by atoms with van der Waals surface area (Å²) in [7, 11) is 1.38. The summed E-state index contributed by atoms with van der Waals surface area (Å²) in [4.78, 5) is 20.2. The molecule has 3 aromatic rings. The molecule has 0 spiro atoms. The lowest BCUT2D eigenvalue weighted by atomic mass is 10.0. The molecule has 15 heteroatoms. The Morgan fingerprint density at radius 2 is 2.06 bits per heavy atom. The number of imidazole rings is 1. The quantitative estimate of drug-likeness (QED) is 0.385. The number of H-pyrrole nitrogens is 1. The second kappa shape index (κ2) is 10.2. The lowest BCUT2D eigenvalue weighted by Gasteiger charge is -2.18. The molecule has 0 radical (unpaired) electrons. The van der Waals surface area contributed by atoms with E-state index in [9.17, 15) is 18.0 Å². The van der Waals surface area contributed by atoms with Gasteiger partial charge in [0.05, 0.1) is 19.4 Å². The van der Waals surface area contributed by atoms with E-state index in [1.54, 1.807) is 19.9 Å². The second-order valence-electron chi connectivity index (χ2n) is 8.52. The molecule has 196 valence electrons. The Labute approximate surface area is 202 Å². The summed E-state index contributed by atoms with van der Waals surface area (Å²) < 4.78 is 67.9. The molecule has 0 saturated heterocycles. The Hall–Kier alpha value is -3.62. The number of amides is 1. The van der Waals surface area contributed by atoms with Crippen molar-refractivity contribution >= 4 is 23.5 Å². The fourth-order valence-corrected chi connectivity index (χ4v) is 3.92. The zero-order chi connectivity index (χ0) is 26.0. The molecular formula is C21H25F4N7O4. The number of halogens is 4. The maximum Gasteiger partial charge on any atom is 0.522 e. The summed E-state index contributed by atoms with van der Waals surface area (Å²) in [6.45, 7) is 2.77. The molecule has 1 amide bonds. The van der Waals surface area contributed by atoms with Gasteiger partial charge in [-0.2, -0.15) is 10.1 Å². The molecule has 3 aromatic heterocycles. The first-order chi connectivity index (χ1) is 17.0. The minimum Gasteiger partial charge on any atom is -0.481 e. The first-order valence-corrected chi connectivity index (χ1v) is 11.1. The summed E-state index contributed by atoms with van der Waals surface area (Å²) in [5, 5.41) is 12.4. The van der Waals surface area contributed by atoms with Crippen LogP contribution in [0.4, 0.5) is 34.1 Å². The van der Waals surface area contributed by atoms with Crippen LogP contribution in [0.1, 0.15) is 44.0 Å². The molecule has 1 saturated carbocycles. The summed E-state index contributed by atoms with van der Waals surface area (Å²) >= 11 is 0. The first kappa shape index (κ1) is 25.5. The molecular weight excluding hydrogens is 490 g/mol. The molecule has 3 heterocycles. The zero-order valence-corrected chi connectivity index (χ0v) is 19.6. The molecule has 11 nitrogen and oxygen atoms in total. The van der Waals surface area contributed by atoms with Crippen molar-refractivity contribution in [3.05, 3.63) is 29.7 Å². The van der Waals surface area contributed by atoms with E-state index in [0.29, 0.717) is 18.5 Å². The Morgan fingerprint density at radius 3 is 2.75 bits per heavy atom. The minimum absolute atomic E-state index is 0.0203. The van der Waals surface area contributed by atoms with Gasteiger partial charge in [-0.1, -0.05) is 0 Å². The van der Waals surface area contributed by atoms with Crippen molar-refractivity contribution in [1.29, 1.82) is 0 Å². The average molecular weight is 515 g/mol. The van der Waals surface area contributed by atoms with E-state index in [-0.39, 0.29) is 35.0 Å². The highest BCUT2D eigenvalue weighted by molar-refractivity contribution is 5.67. The van der Waals surface area contributed by atoms with Crippen LogP contribution in [0.15, 0.2) is 18.3 Å². The molecule has 0 aliphatic heterocycles. The molecule has 4 rings (SSSR count). The van der Waals surface area contributed by atoms with E-state index in [1.807, 2.05) is 0 Å². The number of alkyl halides is 4. The number of aromatic nitrogens is 5. The summed E-state index contributed by atoms with van der Waals surface area (Å²) in [5.41, 5.74) is 0.775. The van der Waals surface area contributed by atoms with Crippen molar-refractivity contribution in [2.75, 3.05) is 12.4 Å². The van der Waals surface area contributed by atoms with Crippen LogP contribution in [-0.4, -0.2) is 62.4 Å². The SMILES string of the molecule is COc1cc2nc(COC(F)(F)F)cn2c(Nc2cc([C@H]3CC[C@@H](OC(=O)NC(C)C)[C@@H]3F)[nH]n2)n1. The van der Waals surface area contributed by atoms with E-state index < -0.39 is 37.3 Å². The summed E-state index contributed by atoms with van der Waals surface area (Å²) in [6.07, 6.45) is -5.64. The van der Waals surface area contributed by atoms with Gasteiger partial charge < -0.3 is 20.1 Å². The van der Waals surface area contributed by atoms with Gasteiger partial charge in [-0.3, -0.25) is 14.2 Å². The van der Waals surface area contributed by atoms with Gasteiger partial charge >= 0.3 is 12.5 Å². The standard InChI is InChI=1S/C21H25F4N7O4/c1-10(2)26-20(33)36-14-5-4-12(18(14)22)13-6-15(31-30-13)28-19-29-17(34-3)7-16-27-11(8-32(16)19)9-35-21(23,24)25/h6-8,10,12,14,18H,4-5,9H2,1-3H3,(H,26,33)(H2,28,29,30,31)/t12-,14-,18-/m1/s1. The van der Waals surface area contributed by atoms with Crippen LogP contribution < -0.4 is 15.4 Å². The average Bonchev–Trinajstić information content (AvgIpc) is 3.50. The highest BCUT2D eigenvalue weighted by Gasteiger charge is 2.41. The van der Waals surface area contributed by atoms with Gasteiger partial charge in [-0.15, -0.1) is 13.2 Å². The first-order valence-electron chi connectivity index (χ1n) is 11.1. The van der Waals surface area contributed by atoms with Gasteiger partial charge in [0.25, 0.3) is 0 Å². The number of ether oxygens (including phenoxy) is 3. The van der Waals surface area contributed by atoms with Crippen LogP contribution in [0, 0.1) is 0 Å². The number of alkyl carbamates (subject to hydrolysis) is 1. The number of methoxy groups -OCH3 is 1. The maximum absolute atomic E-state index is 15.0. The van der Waals surface area contributed by atoms with Crippen molar-refractivity contribution < 1.29 is 36.6 Å². The highest BCUT2D eigenvalue weighted by Crippen LogP contribution is 2.38. The fraction of sp³-hybridized carbons (Fsp3) is 0.524. The number of rotatable bonds is 8. The second-order valence-corrected chi connectivity index (χ2v) is 8.52. The Kier molecular flexibility index (Phi) is 7.19. The monoisotopic (exact) mass is 515 g/mol. The molecule has 0 aromatic carbocycles. The predicted molar refractivity (Wildman–Crippen MR) is 118 cm³/mol. The number of carbonyl (C=O) groups excluding carboxylic acids is 1. The van der Waals surface area contributed by atoms with Crippen molar-refractivity contribution in [3.8, 4) is 5.88 Å². The third-order valence-electron chi connectivity index (χ3n) is 5.48. The highest BCUT2D eigenvalue weighted by atomic mass is 19.4. The Bertz CT molecular complexity index is 1210. The largest absolute Gasteiger partial charge is 0.522 e. The van der Waals surface area contributed by atoms with E-state index in [2.05, 4.69) is 35.5 Å². The fourth-order valence-electron chi connectivity index (χ4n) is 3.92. The normalized spacial score (nSPS) is 20.2. The number of fused-ring (bicyclic) bond motifs is 1. The van der Waals surface area contributed by atoms with E-state index in [0.717, 1.165) is 0 Å². The van der Waals surface area contributed by atoms with Gasteiger partial charge in [0.2, 0.25) is 11.8 Å². The molecule has 1 fully saturated rings. The third kappa shape index (κ3) is 5.95. The van der Waals surface area contributed by atoms with Gasteiger partial charge in [0, 0.05) is 36.0 Å². The van der Waals surface area contributed by atoms with Crippen LogP contribution in [-0.2, 0) is 16.1 Å². The zero-order valence-electron chi connectivity index (χ0n) is 19.6. The van der Waals surface area contributed by atoms with E-state index in [1.165, 1.54) is 23.8 Å². The van der Waals surface area contributed by atoms with Crippen LogP contribution in [0.5, 0.6) is 5.88 Å². The summed E-state index contributed by atoms with van der Waals surface area (Å²) in [6, 6.07) is 2.90. The number of nitrogens with one attached hydrogen (secondary N) is 3. The lowest BCUT2D eigenvalue weighted by Crippen LogP contribution is -2.36. The van der Waals surface area contributed by atoms with Crippen LogP contribution in [0.3, 0.4) is 0 Å². The van der Waals surface area contributed by atoms with Crippen molar-refractivity contribution in [2.24, 2.45) is 0 Å². The molecule has 36 heavy (non-hydrogen) atoms. The van der Waals surface area contributed by atoms with Gasteiger partial charge in [0.1, 0.15) is 17.9 Å². The molecule has 3 atom stereocenters. The van der Waals surface area contributed by atoms with E-state index in [4.69, 9.17) is 9.47 Å². The van der Waals surface area contributed by atoms with Gasteiger partial charge in [-0.05, 0) is 26.7 Å². The topological polar surface area (TPSA) is 128 Å². The molecule has 0 bridgehead atoms. The van der Waals surface area contributed by atoms with Crippen molar-refractivity contribution in [3.63, 3.8) is 0 Å². The van der Waals surface area contributed by atoms with Crippen molar-refractivity contribution in [2.45, 2.75) is 63.9 Å². The van der Waals surface area contributed by atoms with Crippen LogP contribution in [0.2, 0.25) is 0 Å². The Morgan fingerprint density at radius 1 is 1.28 bits per heavy atom. The van der Waals surface area contributed by atoms with Crippen LogP contribution >= 0.6 is 0 Å². The molecule has 1 aliphatic carbocycles. The van der Waals surface area contributed by atoms with Crippen LogP contribution in [0.25, 0.3) is 5.65 Å². The number of hydrogen-bond acceptors (Lipinski definition) is 8. The van der Waals surface area contributed by atoms with Crippen molar-refractivity contribution in [1.82, 2.24) is 29.9 Å². The third-order valence-corrected chi connectivity index (χ3v) is 5.48. The van der Waals surface area contributed by atoms with Gasteiger partial charge in [0.15, 0.2) is 5.82 Å². The number of nitrogens with zero attached hydrogens (tertiary/aromatic N) is 4. The predicted octanol–water partition coefficient (Wildman–Crippen LogP) is 3.96. The maximum atomic E-state index is 15.0. The number of aromatic amines is 1. The molecule has 0 unspecified atom stereocenters. The molecule has 3 N–H and O–H groups in total. The number of hydrogen-bond donors (Lipinski definition) is 3. The van der Waals surface area contributed by atoms with Gasteiger partial charge in [-0.25, -0.2) is 14.2 Å². The number of anilines is 2. The lowest BCUT2D eigenvalue weighted by molar-refractivity contribution is -0.330. The minimum atomic E-state index is -4.80. The van der Waals surface area contributed by atoms with E-state index >= 15 is 4.39 Å². The molecule has 1 aliphatic rings. The summed E-state index contributed by atoms with van der Waals surface area (Å²) in [5.74, 6) is 0.0300.